The molecule has 0 fully saturated rings. The zero-order valence-corrected chi connectivity index (χ0v) is 19.5. The van der Waals surface area contributed by atoms with Crippen LogP contribution in [0, 0.1) is 5.82 Å². The van der Waals surface area contributed by atoms with Gasteiger partial charge in [-0.2, -0.15) is 4.72 Å². The van der Waals surface area contributed by atoms with Gasteiger partial charge in [-0.15, -0.1) is 0 Å². The average Bonchev–Trinajstić information content (AvgIpc) is 2.70. The first-order chi connectivity index (χ1) is 14.2. The largest absolute Gasteiger partial charge is 0.322 e. The number of carbonyl (C=O) groups is 1. The molecule has 0 saturated heterocycles. The maximum Gasteiger partial charge on any atom is 0.242 e. The van der Waals surface area contributed by atoms with Gasteiger partial charge < -0.3 is 5.32 Å². The van der Waals surface area contributed by atoms with Crippen LogP contribution in [0.25, 0.3) is 0 Å². The van der Waals surface area contributed by atoms with Crippen molar-refractivity contribution in [1.29, 1.82) is 0 Å². The summed E-state index contributed by atoms with van der Waals surface area (Å²) in [6.45, 7) is 0. The summed E-state index contributed by atoms with van der Waals surface area (Å²) in [4.78, 5) is 12.9. The van der Waals surface area contributed by atoms with Gasteiger partial charge in [-0.05, 0) is 54.4 Å². The number of nitrogens with one attached hydrogen (secondary N) is 2. The molecule has 1 amide bonds. The topological polar surface area (TPSA) is 75.3 Å². The van der Waals surface area contributed by atoms with Crippen molar-refractivity contribution in [3.8, 4) is 0 Å². The van der Waals surface area contributed by atoms with Crippen LogP contribution in [0.15, 0.2) is 86.6 Å². The van der Waals surface area contributed by atoms with Crippen LogP contribution in [0.5, 0.6) is 0 Å². The van der Waals surface area contributed by atoms with Crippen LogP contribution in [-0.4, -0.2) is 20.4 Å². The molecule has 0 aromatic heterocycles. The molecule has 3 aromatic carbocycles. The van der Waals surface area contributed by atoms with E-state index < -0.39 is 27.8 Å². The first-order valence-corrected chi connectivity index (χ1v) is 11.9. The number of hydrogen-bond donors (Lipinski definition) is 2. The summed E-state index contributed by atoms with van der Waals surface area (Å²) in [6, 6.07) is 18.1. The molecule has 3 aromatic rings. The van der Waals surface area contributed by atoms with Crippen molar-refractivity contribution >= 4 is 53.5 Å². The van der Waals surface area contributed by atoms with Crippen molar-refractivity contribution in [2.75, 3.05) is 5.32 Å². The van der Waals surface area contributed by atoms with E-state index in [1.54, 1.807) is 42.5 Å². The van der Waals surface area contributed by atoms with Crippen molar-refractivity contribution in [3.05, 3.63) is 93.1 Å². The molecule has 0 heterocycles. The Morgan fingerprint density at radius 2 is 1.57 bits per heavy atom. The molecule has 0 aliphatic heterocycles. The third-order valence-electron chi connectivity index (χ3n) is 4.21. The number of hydrogen-bond acceptors (Lipinski definition) is 3. The lowest BCUT2D eigenvalue weighted by atomic mass is 10.1. The summed E-state index contributed by atoms with van der Waals surface area (Å²) < 4.78 is 43.5. The fourth-order valence-electron chi connectivity index (χ4n) is 2.72. The number of sulfonamides is 1. The molecule has 1 atom stereocenters. The van der Waals surface area contributed by atoms with Gasteiger partial charge in [0.2, 0.25) is 15.9 Å². The molecular weight excluding hydrogens is 539 g/mol. The highest BCUT2D eigenvalue weighted by Gasteiger charge is 2.26. The van der Waals surface area contributed by atoms with E-state index in [2.05, 4.69) is 41.9 Å². The predicted octanol–water partition coefficient (Wildman–Crippen LogP) is 4.88. The molecule has 5 nitrogen and oxygen atoms in total. The summed E-state index contributed by atoms with van der Waals surface area (Å²) in [5.41, 5.74) is 0.719. The van der Waals surface area contributed by atoms with E-state index in [1.807, 2.05) is 6.07 Å². The van der Waals surface area contributed by atoms with E-state index in [-0.39, 0.29) is 17.0 Å². The van der Waals surface area contributed by atoms with Gasteiger partial charge in [-0.1, -0.05) is 62.2 Å². The summed E-state index contributed by atoms with van der Waals surface area (Å²) in [5.74, 6) is -1.30. The van der Waals surface area contributed by atoms with E-state index in [9.17, 15) is 17.6 Å². The highest BCUT2D eigenvalue weighted by Crippen LogP contribution is 2.20. The van der Waals surface area contributed by atoms with Gasteiger partial charge in [0.1, 0.15) is 11.9 Å². The van der Waals surface area contributed by atoms with E-state index in [1.165, 1.54) is 24.3 Å². The predicted molar refractivity (Wildman–Crippen MR) is 121 cm³/mol. The molecule has 0 spiro atoms. The van der Waals surface area contributed by atoms with Crippen LogP contribution < -0.4 is 10.0 Å². The van der Waals surface area contributed by atoms with Crippen LogP contribution in [0.4, 0.5) is 10.1 Å². The molecule has 30 heavy (non-hydrogen) atoms. The molecule has 3 rings (SSSR count). The molecule has 156 valence electrons. The molecule has 9 heteroatoms. The van der Waals surface area contributed by atoms with Gasteiger partial charge in [0.05, 0.1) is 10.6 Å². The molecule has 0 radical (unpaired) electrons. The Bertz CT molecular complexity index is 1140. The Hall–Kier alpha value is -2.07. The smallest absolute Gasteiger partial charge is 0.242 e. The first-order valence-electron chi connectivity index (χ1n) is 8.82. The average molecular weight is 556 g/mol. The maximum absolute atomic E-state index is 14.2. The van der Waals surface area contributed by atoms with E-state index in [0.717, 1.165) is 10.0 Å². The number of rotatable bonds is 7. The minimum atomic E-state index is -3.98. The van der Waals surface area contributed by atoms with E-state index >= 15 is 0 Å². The van der Waals surface area contributed by atoms with Gasteiger partial charge in [-0.3, -0.25) is 4.79 Å². The Labute approximate surface area is 191 Å². The van der Waals surface area contributed by atoms with Crippen LogP contribution in [0.1, 0.15) is 5.56 Å². The van der Waals surface area contributed by atoms with Gasteiger partial charge in [0.15, 0.2) is 0 Å². The van der Waals surface area contributed by atoms with Gasteiger partial charge in [-0.25, -0.2) is 12.8 Å². The first kappa shape index (κ1) is 22.6. The fraction of sp³-hybridized carbons (Fsp3) is 0.0952. The third-order valence-corrected chi connectivity index (χ3v) is 6.72. The lowest BCUT2D eigenvalue weighted by Gasteiger charge is -2.19. The second-order valence-corrected chi connectivity index (χ2v) is 9.98. The fourth-order valence-corrected chi connectivity index (χ4v) is 4.51. The Balaban J connectivity index is 1.87. The minimum Gasteiger partial charge on any atom is -0.322 e. The highest BCUT2D eigenvalue weighted by molar-refractivity contribution is 9.10. The number of anilines is 1. The second-order valence-electron chi connectivity index (χ2n) is 6.43. The van der Waals surface area contributed by atoms with Crippen molar-refractivity contribution < 1.29 is 17.6 Å². The van der Waals surface area contributed by atoms with Crippen LogP contribution >= 0.6 is 31.9 Å². The Kier molecular flexibility index (Phi) is 7.41. The quantitative estimate of drug-likeness (QED) is 0.436. The molecule has 0 unspecified atom stereocenters. The Morgan fingerprint density at radius 1 is 0.933 bits per heavy atom. The molecule has 0 saturated carbocycles. The zero-order valence-electron chi connectivity index (χ0n) is 15.5. The van der Waals surface area contributed by atoms with Crippen molar-refractivity contribution in [2.45, 2.75) is 17.4 Å². The van der Waals surface area contributed by atoms with Gasteiger partial charge in [0, 0.05) is 8.95 Å². The number of amides is 1. The van der Waals surface area contributed by atoms with Crippen molar-refractivity contribution in [3.63, 3.8) is 0 Å². The summed E-state index contributed by atoms with van der Waals surface area (Å²) in [7, 11) is -3.98. The minimum absolute atomic E-state index is 0.0198. The normalized spacial score (nSPS) is 12.4. The standard InChI is InChI=1S/C21H17Br2FN2O3S/c22-15-6-9-17(10-7-15)30(28,29)26-20(12-14-4-2-1-3-5-14)21(27)25-19-11-8-16(23)13-18(19)24/h1-11,13,20,26H,12H2,(H,25,27)/t20-/m1/s1. The molecule has 0 aliphatic rings. The summed E-state index contributed by atoms with van der Waals surface area (Å²) >= 11 is 6.42. The van der Waals surface area contributed by atoms with Crippen LogP contribution in [-0.2, 0) is 21.2 Å². The third kappa shape index (κ3) is 5.98. The van der Waals surface area contributed by atoms with Crippen LogP contribution in [0.2, 0.25) is 0 Å². The molecular formula is C21H17Br2FN2O3S. The van der Waals surface area contributed by atoms with Crippen molar-refractivity contribution in [2.24, 2.45) is 0 Å². The maximum atomic E-state index is 14.2. The number of benzene rings is 3. The SMILES string of the molecule is O=C(Nc1ccc(Br)cc1F)[C@@H](Cc1ccccc1)NS(=O)(=O)c1ccc(Br)cc1. The Morgan fingerprint density at radius 3 is 2.20 bits per heavy atom. The second kappa shape index (κ2) is 9.82. The van der Waals surface area contributed by atoms with Gasteiger partial charge in [0.25, 0.3) is 0 Å². The monoisotopic (exact) mass is 554 g/mol. The van der Waals surface area contributed by atoms with Crippen LogP contribution in [0.3, 0.4) is 0 Å². The summed E-state index contributed by atoms with van der Waals surface area (Å²) in [5, 5.41) is 2.47. The number of halogens is 3. The van der Waals surface area contributed by atoms with Gasteiger partial charge >= 0.3 is 0 Å². The zero-order chi connectivity index (χ0) is 21.7. The molecule has 0 aliphatic carbocycles. The lowest BCUT2D eigenvalue weighted by Crippen LogP contribution is -2.45. The van der Waals surface area contributed by atoms with E-state index in [0.29, 0.717) is 4.47 Å². The molecule has 0 bridgehead atoms. The van der Waals surface area contributed by atoms with E-state index in [4.69, 9.17) is 0 Å². The lowest BCUT2D eigenvalue weighted by molar-refractivity contribution is -0.117. The summed E-state index contributed by atoms with van der Waals surface area (Å²) in [6.07, 6.45) is 0.0978. The highest BCUT2D eigenvalue weighted by atomic mass is 79.9. The number of carbonyl (C=O) groups excluding carboxylic acids is 1. The van der Waals surface area contributed by atoms with Crippen molar-refractivity contribution in [1.82, 2.24) is 4.72 Å². The molecule has 2 N–H and O–H groups in total.